The molecule has 4 heterocycles. The summed E-state index contributed by atoms with van der Waals surface area (Å²) in [6.07, 6.45) is 0.792. The SMILES string of the molecule is CC1(C)CCOc2c(C(=O)N[C@H]3CN4C(=N)N[C@@H](CNC(=O)c5ccc(CO)cc5)[C@@H]5NC(=N)N[C@@]54C3(O)O)cccc21. The number of nitrogens with zero attached hydrogens (tertiary/aromatic N) is 1. The lowest BCUT2D eigenvalue weighted by Gasteiger charge is -2.51. The highest BCUT2D eigenvalue weighted by atomic mass is 16.5. The summed E-state index contributed by atoms with van der Waals surface area (Å²) in [5, 5.41) is 64.0. The summed E-state index contributed by atoms with van der Waals surface area (Å²) in [5.41, 5.74) is 0.179. The number of hydrogen-bond donors (Lipinski definition) is 10. The van der Waals surface area contributed by atoms with Gasteiger partial charge in [-0.05, 0) is 35.6 Å². The van der Waals surface area contributed by atoms with Crippen LogP contribution in [0.4, 0.5) is 0 Å². The van der Waals surface area contributed by atoms with Crippen molar-refractivity contribution in [2.75, 3.05) is 19.7 Å². The molecular weight excluding hydrogens is 556 g/mol. The molecule has 10 N–H and O–H groups in total. The molecule has 1 spiro atoms. The first-order valence-electron chi connectivity index (χ1n) is 14.1. The molecule has 14 heteroatoms. The van der Waals surface area contributed by atoms with Crippen LogP contribution in [0.5, 0.6) is 5.75 Å². The third-order valence-electron chi connectivity index (χ3n) is 9.05. The Morgan fingerprint density at radius 1 is 1.09 bits per heavy atom. The normalized spacial score (nSPS) is 27.8. The third-order valence-corrected chi connectivity index (χ3v) is 9.05. The Labute approximate surface area is 247 Å². The van der Waals surface area contributed by atoms with E-state index in [0.717, 1.165) is 12.0 Å². The van der Waals surface area contributed by atoms with E-state index in [4.69, 9.17) is 15.6 Å². The smallest absolute Gasteiger partial charge is 0.255 e. The number of hydrogen-bond acceptors (Lipinski definition) is 8. The second-order valence-corrected chi connectivity index (χ2v) is 12.1. The van der Waals surface area contributed by atoms with Gasteiger partial charge in [0.1, 0.15) is 11.8 Å². The summed E-state index contributed by atoms with van der Waals surface area (Å²) in [7, 11) is 0. The minimum Gasteiger partial charge on any atom is -0.492 e. The van der Waals surface area contributed by atoms with Gasteiger partial charge in [-0.3, -0.25) is 20.4 Å². The number of amides is 2. The topological polar surface area (TPSA) is 215 Å². The molecule has 0 radical (unpaired) electrons. The minimum atomic E-state index is -2.66. The van der Waals surface area contributed by atoms with Crippen molar-refractivity contribution >= 4 is 23.7 Å². The predicted octanol–water partition coefficient (Wildman–Crippen LogP) is -1.14. The van der Waals surface area contributed by atoms with Gasteiger partial charge < -0.3 is 51.5 Å². The fourth-order valence-corrected chi connectivity index (χ4v) is 6.60. The van der Waals surface area contributed by atoms with Crippen LogP contribution in [0.1, 0.15) is 52.1 Å². The zero-order chi connectivity index (χ0) is 30.7. The molecule has 4 atom stereocenters. The average molecular weight is 593 g/mol. The first kappa shape index (κ1) is 28.7. The van der Waals surface area contributed by atoms with Crippen LogP contribution >= 0.6 is 0 Å². The van der Waals surface area contributed by atoms with Crippen molar-refractivity contribution in [3.63, 3.8) is 0 Å². The Hall–Kier alpha value is -4.40. The van der Waals surface area contributed by atoms with Crippen LogP contribution < -0.4 is 31.3 Å². The molecule has 2 aromatic carbocycles. The highest BCUT2D eigenvalue weighted by molar-refractivity contribution is 5.98. The van der Waals surface area contributed by atoms with E-state index < -0.39 is 41.4 Å². The molecule has 14 nitrogen and oxygen atoms in total. The van der Waals surface area contributed by atoms with E-state index in [0.29, 0.717) is 23.5 Å². The van der Waals surface area contributed by atoms with E-state index in [9.17, 15) is 24.9 Å². The van der Waals surface area contributed by atoms with Crippen LogP contribution in [0.25, 0.3) is 0 Å². The van der Waals surface area contributed by atoms with Gasteiger partial charge in [-0.2, -0.15) is 0 Å². The van der Waals surface area contributed by atoms with Crippen molar-refractivity contribution in [1.29, 1.82) is 10.8 Å². The van der Waals surface area contributed by atoms with Crippen LogP contribution in [0.15, 0.2) is 42.5 Å². The number of fused-ring (bicyclic) bond motifs is 1. The monoisotopic (exact) mass is 592 g/mol. The lowest BCUT2D eigenvalue weighted by Crippen LogP contribution is -2.81. The van der Waals surface area contributed by atoms with Crippen molar-refractivity contribution in [3.05, 3.63) is 64.7 Å². The maximum atomic E-state index is 13.6. The molecule has 6 rings (SSSR count). The van der Waals surface area contributed by atoms with Crippen molar-refractivity contribution in [2.24, 2.45) is 0 Å². The summed E-state index contributed by atoms with van der Waals surface area (Å²) in [4.78, 5) is 27.8. The van der Waals surface area contributed by atoms with Crippen LogP contribution in [0, 0.1) is 10.8 Å². The second kappa shape index (κ2) is 10.1. The van der Waals surface area contributed by atoms with Gasteiger partial charge in [0.15, 0.2) is 17.6 Å². The molecule has 3 saturated heterocycles. The first-order valence-corrected chi connectivity index (χ1v) is 14.1. The maximum absolute atomic E-state index is 13.6. The first-order chi connectivity index (χ1) is 20.4. The highest BCUT2D eigenvalue weighted by Crippen LogP contribution is 2.44. The maximum Gasteiger partial charge on any atom is 0.255 e. The van der Waals surface area contributed by atoms with Gasteiger partial charge in [0, 0.05) is 24.2 Å². The van der Waals surface area contributed by atoms with Gasteiger partial charge in [0.25, 0.3) is 11.8 Å². The van der Waals surface area contributed by atoms with E-state index in [1.54, 1.807) is 36.4 Å². The predicted molar refractivity (Wildman–Crippen MR) is 155 cm³/mol. The van der Waals surface area contributed by atoms with E-state index in [1.807, 2.05) is 6.07 Å². The zero-order valence-electron chi connectivity index (χ0n) is 23.8. The van der Waals surface area contributed by atoms with Crippen molar-refractivity contribution < 1.29 is 29.6 Å². The Morgan fingerprint density at radius 2 is 1.84 bits per heavy atom. The van der Waals surface area contributed by atoms with Gasteiger partial charge in [-0.25, -0.2) is 0 Å². The number of para-hydroxylation sites is 1. The van der Waals surface area contributed by atoms with E-state index in [2.05, 4.69) is 40.4 Å². The molecule has 0 aromatic heterocycles. The molecule has 3 fully saturated rings. The van der Waals surface area contributed by atoms with Gasteiger partial charge in [0.05, 0.1) is 30.9 Å². The Bertz CT molecular complexity index is 1490. The molecule has 2 amide bonds. The summed E-state index contributed by atoms with van der Waals surface area (Å²) in [6, 6.07) is 8.83. The number of carbonyl (C=O) groups excluding carboxylic acids is 2. The minimum absolute atomic E-state index is 0.0262. The number of benzene rings is 2. The lowest BCUT2D eigenvalue weighted by atomic mass is 9.79. The summed E-state index contributed by atoms with van der Waals surface area (Å²) >= 11 is 0. The molecule has 0 aliphatic carbocycles. The quantitative estimate of drug-likeness (QED) is 0.182. The molecule has 0 saturated carbocycles. The fourth-order valence-electron chi connectivity index (χ4n) is 6.60. The fraction of sp³-hybridized carbons (Fsp3) is 0.448. The molecule has 0 bridgehead atoms. The highest BCUT2D eigenvalue weighted by Gasteiger charge is 2.74. The van der Waals surface area contributed by atoms with Gasteiger partial charge in [-0.1, -0.05) is 38.1 Å². The summed E-state index contributed by atoms with van der Waals surface area (Å²) < 4.78 is 5.89. The largest absolute Gasteiger partial charge is 0.492 e. The van der Waals surface area contributed by atoms with Crippen molar-refractivity contribution in [1.82, 2.24) is 31.5 Å². The van der Waals surface area contributed by atoms with E-state index in [1.165, 1.54) is 4.90 Å². The number of nitrogens with one attached hydrogen (secondary N) is 7. The zero-order valence-corrected chi connectivity index (χ0v) is 23.8. The van der Waals surface area contributed by atoms with E-state index >= 15 is 0 Å². The number of carbonyl (C=O) groups is 2. The average Bonchev–Trinajstić information content (AvgIpc) is 3.45. The second-order valence-electron chi connectivity index (χ2n) is 12.1. The van der Waals surface area contributed by atoms with Gasteiger partial charge in [-0.15, -0.1) is 0 Å². The van der Waals surface area contributed by atoms with Crippen LogP contribution in [0.3, 0.4) is 0 Å². The number of rotatable bonds is 6. The van der Waals surface area contributed by atoms with Crippen LogP contribution in [0.2, 0.25) is 0 Å². The number of guanidine groups is 2. The summed E-state index contributed by atoms with van der Waals surface area (Å²) in [6.45, 7) is 4.28. The Morgan fingerprint density at radius 3 is 2.56 bits per heavy atom. The van der Waals surface area contributed by atoms with Gasteiger partial charge >= 0.3 is 0 Å². The molecule has 2 aromatic rings. The van der Waals surface area contributed by atoms with Gasteiger partial charge in [0.2, 0.25) is 5.79 Å². The molecule has 43 heavy (non-hydrogen) atoms. The number of ether oxygens (including phenoxy) is 1. The Balaban J connectivity index is 1.24. The molecule has 4 aliphatic heterocycles. The Kier molecular flexibility index (Phi) is 6.75. The number of aliphatic hydroxyl groups excluding tert-OH is 1. The lowest BCUT2D eigenvalue weighted by molar-refractivity contribution is -0.232. The molecule has 4 aliphatic rings. The standard InChI is InChI=1S/C29H36N8O6/c1-27(2)10-11-43-21-17(4-3-5-18(21)27)24(40)34-20-13-37-26(31)33-19(22-28(37,29(20,41)42)36-25(30)35-22)12-32-23(39)16-8-6-15(14-38)7-9-16/h3-9,19-20,22,38,41-42H,10-14H2,1-2H3,(H2,31,33)(H,32,39)(H,34,40)(H3,30,35,36)/t19-,20-,22-,28-/m0/s1. The number of aliphatic hydroxyl groups is 3. The van der Waals surface area contributed by atoms with Crippen LogP contribution in [-0.4, -0.2) is 93.2 Å². The molecule has 0 unspecified atom stereocenters. The van der Waals surface area contributed by atoms with Crippen molar-refractivity contribution in [2.45, 2.75) is 61.9 Å². The molecule has 228 valence electrons. The van der Waals surface area contributed by atoms with Crippen molar-refractivity contribution in [3.8, 4) is 5.75 Å². The third kappa shape index (κ3) is 4.44. The van der Waals surface area contributed by atoms with E-state index in [-0.39, 0.29) is 42.6 Å². The summed E-state index contributed by atoms with van der Waals surface area (Å²) in [5.74, 6) is -3.52. The molecular formula is C29H36N8O6. The van der Waals surface area contributed by atoms with Crippen LogP contribution in [-0.2, 0) is 12.0 Å².